The Morgan fingerprint density at radius 3 is 2.31 bits per heavy atom. The second kappa shape index (κ2) is 3.80. The molecule has 0 spiro atoms. The number of carbonyl (C=O) groups excluding carboxylic acids is 1. The molecule has 0 aliphatic carbocycles. The number of halogens is 3. The SMILES string of the molecule is CC(C)(C)OC(=O)c1cnn(C(F)(F)F)c1. The molecular weight excluding hydrogens is 225 g/mol. The van der Waals surface area contributed by atoms with Crippen LogP contribution in [0.1, 0.15) is 31.1 Å². The Morgan fingerprint density at radius 2 is 1.94 bits per heavy atom. The molecule has 0 amide bonds. The number of ether oxygens (including phenoxy) is 1. The minimum atomic E-state index is -4.62. The fourth-order valence-corrected chi connectivity index (χ4v) is 0.904. The van der Waals surface area contributed by atoms with Gasteiger partial charge < -0.3 is 4.74 Å². The van der Waals surface area contributed by atoms with Crippen LogP contribution in [0.2, 0.25) is 0 Å². The third-order valence-electron chi connectivity index (χ3n) is 1.48. The van der Waals surface area contributed by atoms with Crippen LogP contribution >= 0.6 is 0 Å². The van der Waals surface area contributed by atoms with Gasteiger partial charge in [-0.05, 0) is 20.8 Å². The van der Waals surface area contributed by atoms with Crippen LogP contribution in [0.25, 0.3) is 0 Å². The largest absolute Gasteiger partial charge is 0.504 e. The van der Waals surface area contributed by atoms with Crippen LogP contribution in [0.15, 0.2) is 12.4 Å². The Hall–Kier alpha value is -1.53. The maximum atomic E-state index is 12.2. The molecule has 1 heterocycles. The van der Waals surface area contributed by atoms with E-state index in [1.807, 2.05) is 0 Å². The molecule has 0 N–H and O–H groups in total. The van der Waals surface area contributed by atoms with Gasteiger partial charge in [0, 0.05) is 6.20 Å². The van der Waals surface area contributed by atoms with E-state index in [4.69, 9.17) is 4.74 Å². The topological polar surface area (TPSA) is 44.1 Å². The summed E-state index contributed by atoms with van der Waals surface area (Å²) in [7, 11) is 0. The van der Waals surface area contributed by atoms with Gasteiger partial charge in [0.1, 0.15) is 5.60 Å². The molecule has 4 nitrogen and oxygen atoms in total. The van der Waals surface area contributed by atoms with Gasteiger partial charge in [0.05, 0.1) is 11.8 Å². The molecule has 7 heteroatoms. The Bertz CT molecular complexity index is 390. The highest BCUT2D eigenvalue weighted by Gasteiger charge is 2.32. The predicted octanol–water partition coefficient (Wildman–Crippen LogP) is 2.31. The Balaban J connectivity index is 2.83. The summed E-state index contributed by atoms with van der Waals surface area (Å²) in [6.07, 6.45) is -3.21. The second-order valence-electron chi connectivity index (χ2n) is 4.14. The fourth-order valence-electron chi connectivity index (χ4n) is 0.904. The first-order valence-electron chi connectivity index (χ1n) is 4.45. The standard InChI is InChI=1S/C9H11F3N2O2/c1-8(2,3)16-7(15)6-4-13-14(5-6)9(10,11)12/h4-5H,1-3H3. The molecule has 1 aromatic heterocycles. The monoisotopic (exact) mass is 236 g/mol. The molecule has 16 heavy (non-hydrogen) atoms. The van der Waals surface area contributed by atoms with Crippen molar-refractivity contribution in [2.75, 3.05) is 0 Å². The number of nitrogens with zero attached hydrogens (tertiary/aromatic N) is 2. The Kier molecular flexibility index (Phi) is 2.98. The fraction of sp³-hybridized carbons (Fsp3) is 0.556. The highest BCUT2D eigenvalue weighted by atomic mass is 19.4. The van der Waals surface area contributed by atoms with Gasteiger partial charge >= 0.3 is 12.3 Å². The van der Waals surface area contributed by atoms with Crippen LogP contribution in [0, 0.1) is 0 Å². The normalized spacial score (nSPS) is 12.6. The molecule has 0 aliphatic heterocycles. The first-order chi connectivity index (χ1) is 7.09. The maximum Gasteiger partial charge on any atom is 0.504 e. The summed E-state index contributed by atoms with van der Waals surface area (Å²) >= 11 is 0. The lowest BCUT2D eigenvalue weighted by molar-refractivity contribution is -0.212. The van der Waals surface area contributed by atoms with Gasteiger partial charge in [0.25, 0.3) is 0 Å². The van der Waals surface area contributed by atoms with Crippen molar-refractivity contribution in [2.24, 2.45) is 0 Å². The molecule has 0 aromatic carbocycles. The number of hydrogen-bond donors (Lipinski definition) is 0. The first-order valence-corrected chi connectivity index (χ1v) is 4.45. The van der Waals surface area contributed by atoms with Crippen LogP contribution in [-0.4, -0.2) is 21.4 Å². The molecular formula is C9H11F3N2O2. The molecule has 0 bridgehead atoms. The number of carbonyl (C=O) groups is 1. The molecule has 0 unspecified atom stereocenters. The molecule has 1 aromatic rings. The third kappa shape index (κ3) is 3.25. The Morgan fingerprint density at radius 1 is 1.38 bits per heavy atom. The van der Waals surface area contributed by atoms with E-state index in [9.17, 15) is 18.0 Å². The zero-order valence-corrected chi connectivity index (χ0v) is 9.00. The zero-order valence-electron chi connectivity index (χ0n) is 9.00. The summed E-state index contributed by atoms with van der Waals surface area (Å²) < 4.78 is 41.1. The minimum absolute atomic E-state index is 0.229. The van der Waals surface area contributed by atoms with E-state index < -0.39 is 17.9 Å². The summed E-state index contributed by atoms with van der Waals surface area (Å²) in [5.41, 5.74) is -0.982. The van der Waals surface area contributed by atoms with E-state index in [0.717, 1.165) is 6.20 Å². The summed E-state index contributed by atoms with van der Waals surface area (Å²) in [4.78, 5) is 11.4. The molecule has 0 saturated carbocycles. The quantitative estimate of drug-likeness (QED) is 0.703. The highest BCUT2D eigenvalue weighted by molar-refractivity contribution is 5.89. The van der Waals surface area contributed by atoms with E-state index in [0.29, 0.717) is 6.20 Å². The summed E-state index contributed by atoms with van der Waals surface area (Å²) in [5, 5.41) is 3.03. The summed E-state index contributed by atoms with van der Waals surface area (Å²) in [6, 6.07) is 0. The van der Waals surface area contributed by atoms with Crippen molar-refractivity contribution in [3.63, 3.8) is 0 Å². The van der Waals surface area contributed by atoms with E-state index in [1.165, 1.54) is 0 Å². The van der Waals surface area contributed by atoms with Crippen molar-refractivity contribution in [1.29, 1.82) is 0 Å². The number of rotatable bonds is 1. The summed E-state index contributed by atoms with van der Waals surface area (Å²) in [6.45, 7) is 4.87. The van der Waals surface area contributed by atoms with Crippen molar-refractivity contribution < 1.29 is 22.7 Å². The van der Waals surface area contributed by atoms with Gasteiger partial charge in [-0.15, -0.1) is 13.2 Å². The van der Waals surface area contributed by atoms with Crippen LogP contribution < -0.4 is 0 Å². The van der Waals surface area contributed by atoms with Crippen molar-refractivity contribution in [2.45, 2.75) is 32.7 Å². The zero-order chi connectivity index (χ0) is 12.6. The lowest BCUT2D eigenvalue weighted by Crippen LogP contribution is -2.23. The molecule has 0 radical (unpaired) electrons. The molecule has 1 rings (SSSR count). The van der Waals surface area contributed by atoms with Gasteiger partial charge in [-0.2, -0.15) is 9.78 Å². The van der Waals surface area contributed by atoms with Gasteiger partial charge in [-0.25, -0.2) is 4.79 Å². The number of hydrogen-bond acceptors (Lipinski definition) is 3. The van der Waals surface area contributed by atoms with Crippen LogP contribution in [0.4, 0.5) is 13.2 Å². The number of aromatic nitrogens is 2. The van der Waals surface area contributed by atoms with E-state index in [-0.39, 0.29) is 10.2 Å². The molecule has 0 saturated heterocycles. The average Bonchev–Trinajstić information content (AvgIpc) is 2.46. The number of esters is 1. The lowest BCUT2D eigenvalue weighted by Gasteiger charge is -2.18. The minimum Gasteiger partial charge on any atom is -0.456 e. The second-order valence-corrected chi connectivity index (χ2v) is 4.14. The van der Waals surface area contributed by atoms with E-state index in [2.05, 4.69) is 5.10 Å². The van der Waals surface area contributed by atoms with Gasteiger partial charge in [-0.3, -0.25) is 0 Å². The van der Waals surface area contributed by atoms with Crippen molar-refractivity contribution in [1.82, 2.24) is 9.78 Å². The van der Waals surface area contributed by atoms with Crippen molar-refractivity contribution in [3.8, 4) is 0 Å². The van der Waals surface area contributed by atoms with Crippen LogP contribution in [0.3, 0.4) is 0 Å². The molecule has 0 atom stereocenters. The maximum absolute atomic E-state index is 12.2. The van der Waals surface area contributed by atoms with E-state index in [1.54, 1.807) is 20.8 Å². The van der Waals surface area contributed by atoms with Crippen molar-refractivity contribution >= 4 is 5.97 Å². The van der Waals surface area contributed by atoms with Crippen molar-refractivity contribution in [3.05, 3.63) is 18.0 Å². The predicted molar refractivity (Wildman–Crippen MR) is 48.7 cm³/mol. The third-order valence-corrected chi connectivity index (χ3v) is 1.48. The smallest absolute Gasteiger partial charge is 0.456 e. The molecule has 0 aliphatic rings. The average molecular weight is 236 g/mol. The van der Waals surface area contributed by atoms with Crippen LogP contribution in [-0.2, 0) is 11.0 Å². The number of alkyl halides is 3. The summed E-state index contributed by atoms with van der Waals surface area (Å²) in [5.74, 6) is -0.831. The van der Waals surface area contributed by atoms with Crippen LogP contribution in [0.5, 0.6) is 0 Å². The van der Waals surface area contributed by atoms with Gasteiger partial charge in [0.15, 0.2) is 0 Å². The first kappa shape index (κ1) is 12.5. The van der Waals surface area contributed by atoms with E-state index >= 15 is 0 Å². The molecule has 0 fully saturated rings. The Labute approximate surface area is 90.0 Å². The van der Waals surface area contributed by atoms with Gasteiger partial charge in [-0.1, -0.05) is 0 Å². The lowest BCUT2D eigenvalue weighted by atomic mass is 10.2. The van der Waals surface area contributed by atoms with Gasteiger partial charge in [0.2, 0.25) is 0 Å². The highest BCUT2D eigenvalue weighted by Crippen LogP contribution is 2.21. The molecule has 90 valence electrons.